The molecular formula is C27H20N2O5. The number of fused-ring (bicyclic) bond motifs is 1. The monoisotopic (exact) mass is 452 g/mol. The number of ether oxygens (including phenoxy) is 2. The summed E-state index contributed by atoms with van der Waals surface area (Å²) in [7, 11) is 0. The number of benzene rings is 4. The van der Waals surface area contributed by atoms with Crippen LogP contribution in [0.4, 0.5) is 5.69 Å². The summed E-state index contributed by atoms with van der Waals surface area (Å²) in [5, 5.41) is 13.2. The van der Waals surface area contributed by atoms with Gasteiger partial charge in [0.15, 0.2) is 5.58 Å². The summed E-state index contributed by atoms with van der Waals surface area (Å²) in [6.45, 7) is 0. The molecule has 0 saturated carbocycles. The summed E-state index contributed by atoms with van der Waals surface area (Å²) in [6.07, 6.45) is -1.26. The molecule has 1 aromatic heterocycles. The van der Waals surface area contributed by atoms with E-state index in [1.54, 1.807) is 66.7 Å². The largest absolute Gasteiger partial charge is 0.507 e. The summed E-state index contributed by atoms with van der Waals surface area (Å²) >= 11 is 0. The van der Waals surface area contributed by atoms with Gasteiger partial charge >= 0.3 is 12.2 Å². The molecule has 2 N–H and O–H groups in total. The van der Waals surface area contributed by atoms with Crippen molar-refractivity contribution >= 4 is 22.7 Å². The molecular weight excluding hydrogens is 432 g/mol. The Hall–Kier alpha value is -4.78. The highest BCUT2D eigenvalue weighted by Crippen LogP contribution is 2.33. The molecule has 4 aromatic carbocycles. The van der Waals surface area contributed by atoms with E-state index in [9.17, 15) is 9.90 Å². The number of aromatic hydroxyl groups is 1. The van der Waals surface area contributed by atoms with Gasteiger partial charge in [0.2, 0.25) is 5.89 Å². The molecule has 0 saturated heterocycles. The SMILES string of the molecule is O=C(Nc1ccc(O)c(-c2nc3ccccc3o2)c1)C(Oc1ccccc1)Oc1ccccc1. The molecule has 0 aliphatic heterocycles. The van der Waals surface area contributed by atoms with E-state index in [0.29, 0.717) is 33.8 Å². The number of hydrogen-bond donors (Lipinski definition) is 2. The predicted molar refractivity (Wildman–Crippen MR) is 128 cm³/mol. The third-order valence-electron chi connectivity index (χ3n) is 4.98. The van der Waals surface area contributed by atoms with Crippen LogP contribution in [-0.2, 0) is 4.79 Å². The molecule has 0 aliphatic rings. The maximum Gasteiger partial charge on any atom is 0.321 e. The van der Waals surface area contributed by atoms with Crippen LogP contribution >= 0.6 is 0 Å². The number of phenols is 1. The summed E-state index contributed by atoms with van der Waals surface area (Å²) < 4.78 is 17.4. The molecule has 0 spiro atoms. The standard InChI is InChI=1S/C27H20N2O5/c30-23-16-15-18(17-21(23)26-29-22-13-7-8-14-24(22)34-26)28-25(31)27(32-19-9-3-1-4-10-19)33-20-11-5-2-6-12-20/h1-17,27,30H,(H,28,31). The zero-order chi connectivity index (χ0) is 23.3. The van der Waals surface area contributed by atoms with E-state index in [4.69, 9.17) is 13.9 Å². The Kier molecular flexibility index (Phi) is 5.82. The zero-order valence-electron chi connectivity index (χ0n) is 17.9. The maximum absolute atomic E-state index is 13.1. The van der Waals surface area contributed by atoms with Crippen LogP contribution in [0.15, 0.2) is 108 Å². The van der Waals surface area contributed by atoms with E-state index in [1.165, 1.54) is 6.07 Å². The molecule has 0 bridgehead atoms. The van der Waals surface area contributed by atoms with Crippen molar-refractivity contribution in [3.63, 3.8) is 0 Å². The summed E-state index contributed by atoms with van der Waals surface area (Å²) in [4.78, 5) is 17.6. The molecule has 7 nitrogen and oxygen atoms in total. The van der Waals surface area contributed by atoms with Gasteiger partial charge in [-0.1, -0.05) is 48.5 Å². The van der Waals surface area contributed by atoms with E-state index in [2.05, 4.69) is 10.3 Å². The van der Waals surface area contributed by atoms with Crippen LogP contribution in [0.2, 0.25) is 0 Å². The Morgan fingerprint density at radius 1 is 0.824 bits per heavy atom. The number of phenolic OH excluding ortho intramolecular Hbond substituents is 1. The number of amides is 1. The molecule has 168 valence electrons. The summed E-state index contributed by atoms with van der Waals surface area (Å²) in [5.74, 6) is 0.657. The minimum atomic E-state index is -1.26. The Morgan fingerprint density at radius 3 is 2.09 bits per heavy atom. The molecule has 34 heavy (non-hydrogen) atoms. The fourth-order valence-electron chi connectivity index (χ4n) is 3.35. The summed E-state index contributed by atoms with van der Waals surface area (Å²) in [6, 6.07) is 29.8. The van der Waals surface area contributed by atoms with Gasteiger partial charge in [-0.25, -0.2) is 4.98 Å². The van der Waals surface area contributed by atoms with Crippen molar-refractivity contribution < 1.29 is 23.8 Å². The number of nitrogens with one attached hydrogen (secondary N) is 1. The van der Waals surface area contributed by atoms with Crippen LogP contribution in [0.5, 0.6) is 17.2 Å². The second-order valence-electron chi connectivity index (χ2n) is 7.40. The minimum absolute atomic E-state index is 0.0258. The lowest BCUT2D eigenvalue weighted by Gasteiger charge is -2.20. The molecule has 0 radical (unpaired) electrons. The van der Waals surface area contributed by atoms with E-state index >= 15 is 0 Å². The third kappa shape index (κ3) is 4.68. The molecule has 0 fully saturated rings. The van der Waals surface area contributed by atoms with Gasteiger partial charge in [-0.3, -0.25) is 4.79 Å². The van der Waals surface area contributed by atoms with Gasteiger partial charge in [-0.15, -0.1) is 0 Å². The van der Waals surface area contributed by atoms with Crippen molar-refractivity contribution in [2.75, 3.05) is 5.32 Å². The number of hydrogen-bond acceptors (Lipinski definition) is 6. The maximum atomic E-state index is 13.1. The van der Waals surface area contributed by atoms with E-state index in [-0.39, 0.29) is 11.6 Å². The van der Waals surface area contributed by atoms with Gasteiger partial charge in [-0.2, -0.15) is 0 Å². The Morgan fingerprint density at radius 2 is 1.44 bits per heavy atom. The number of para-hydroxylation sites is 4. The average molecular weight is 452 g/mol. The Balaban J connectivity index is 1.40. The third-order valence-corrected chi connectivity index (χ3v) is 4.98. The quantitative estimate of drug-likeness (QED) is 0.246. The molecule has 0 aliphatic carbocycles. The van der Waals surface area contributed by atoms with Crippen LogP contribution in [0, 0.1) is 0 Å². The van der Waals surface area contributed by atoms with E-state index < -0.39 is 12.2 Å². The lowest BCUT2D eigenvalue weighted by Crippen LogP contribution is -2.38. The van der Waals surface area contributed by atoms with Gasteiger partial charge in [0.25, 0.3) is 0 Å². The fraction of sp³-hybridized carbons (Fsp3) is 0.0370. The van der Waals surface area contributed by atoms with Crippen molar-refractivity contribution in [1.29, 1.82) is 0 Å². The van der Waals surface area contributed by atoms with Crippen molar-refractivity contribution in [1.82, 2.24) is 4.98 Å². The normalized spacial score (nSPS) is 10.9. The Bertz CT molecular complexity index is 1340. The first-order valence-corrected chi connectivity index (χ1v) is 10.6. The molecule has 7 heteroatoms. The van der Waals surface area contributed by atoms with Crippen molar-refractivity contribution in [3.05, 3.63) is 103 Å². The highest BCUT2D eigenvalue weighted by atomic mass is 16.7. The van der Waals surface area contributed by atoms with Gasteiger partial charge in [0.1, 0.15) is 22.8 Å². The van der Waals surface area contributed by atoms with E-state index in [1.807, 2.05) is 30.3 Å². The van der Waals surface area contributed by atoms with Crippen LogP contribution in [-0.4, -0.2) is 22.3 Å². The summed E-state index contributed by atoms with van der Waals surface area (Å²) in [5.41, 5.74) is 2.02. The molecule has 0 unspecified atom stereocenters. The molecule has 0 atom stereocenters. The molecule has 1 amide bonds. The minimum Gasteiger partial charge on any atom is -0.507 e. The number of rotatable bonds is 7. The van der Waals surface area contributed by atoms with Crippen molar-refractivity contribution in [2.45, 2.75) is 6.29 Å². The number of nitrogens with zero attached hydrogens (tertiary/aromatic N) is 1. The highest BCUT2D eigenvalue weighted by Gasteiger charge is 2.24. The first kappa shape index (κ1) is 21.1. The van der Waals surface area contributed by atoms with Gasteiger partial charge in [0.05, 0.1) is 5.56 Å². The Labute approximate surface area is 195 Å². The van der Waals surface area contributed by atoms with E-state index in [0.717, 1.165) is 0 Å². The van der Waals surface area contributed by atoms with Crippen LogP contribution in [0.3, 0.4) is 0 Å². The number of oxazole rings is 1. The molecule has 5 rings (SSSR count). The lowest BCUT2D eigenvalue weighted by atomic mass is 10.1. The fourth-order valence-corrected chi connectivity index (χ4v) is 3.35. The average Bonchev–Trinajstić information content (AvgIpc) is 3.30. The van der Waals surface area contributed by atoms with Crippen molar-refractivity contribution in [3.8, 4) is 28.7 Å². The van der Waals surface area contributed by atoms with Gasteiger partial charge in [-0.05, 0) is 54.6 Å². The highest BCUT2D eigenvalue weighted by molar-refractivity contribution is 5.94. The number of carbonyl (C=O) groups excluding carboxylic acids is 1. The number of aromatic nitrogens is 1. The second-order valence-corrected chi connectivity index (χ2v) is 7.40. The van der Waals surface area contributed by atoms with Crippen LogP contribution < -0.4 is 14.8 Å². The first-order chi connectivity index (χ1) is 16.7. The number of anilines is 1. The molecule has 1 heterocycles. The van der Waals surface area contributed by atoms with Crippen LogP contribution in [0.1, 0.15) is 0 Å². The second kappa shape index (κ2) is 9.38. The van der Waals surface area contributed by atoms with Crippen LogP contribution in [0.25, 0.3) is 22.6 Å². The van der Waals surface area contributed by atoms with Gasteiger partial charge < -0.3 is 24.3 Å². The lowest BCUT2D eigenvalue weighted by molar-refractivity contribution is -0.134. The smallest absolute Gasteiger partial charge is 0.321 e. The molecule has 5 aromatic rings. The van der Waals surface area contributed by atoms with Crippen molar-refractivity contribution in [2.24, 2.45) is 0 Å². The predicted octanol–water partition coefficient (Wildman–Crippen LogP) is 5.62. The first-order valence-electron chi connectivity index (χ1n) is 10.6. The topological polar surface area (TPSA) is 93.8 Å². The number of carbonyl (C=O) groups is 1. The van der Waals surface area contributed by atoms with Gasteiger partial charge in [0, 0.05) is 5.69 Å². The zero-order valence-corrected chi connectivity index (χ0v) is 17.9.